The number of hydrogen-bond acceptors (Lipinski definition) is 5. The molecule has 6 nitrogen and oxygen atoms in total. The molecule has 108 valence electrons. The van der Waals surface area contributed by atoms with Crippen molar-refractivity contribution in [1.29, 1.82) is 0 Å². The van der Waals surface area contributed by atoms with E-state index in [1.165, 1.54) is 0 Å². The average Bonchev–Trinajstić information content (AvgIpc) is 2.85. The van der Waals surface area contributed by atoms with Gasteiger partial charge in [-0.05, 0) is 24.5 Å². The molecule has 1 atom stereocenters. The third kappa shape index (κ3) is 3.54. The Morgan fingerprint density at radius 2 is 2.20 bits per heavy atom. The van der Waals surface area contributed by atoms with Crippen molar-refractivity contribution in [3.8, 4) is 0 Å². The van der Waals surface area contributed by atoms with Crippen molar-refractivity contribution in [2.75, 3.05) is 13.7 Å². The number of hydrogen-bond donors (Lipinski definition) is 0. The molecule has 6 heteroatoms. The van der Waals surface area contributed by atoms with E-state index in [-0.39, 0.29) is 12.1 Å². The maximum absolute atomic E-state index is 12.1. The Kier molecular flexibility index (Phi) is 4.68. The highest BCUT2D eigenvalue weighted by atomic mass is 16.6. The Balaban J connectivity index is 2.08. The van der Waals surface area contributed by atoms with E-state index in [9.17, 15) is 4.79 Å². The molecule has 2 rings (SSSR count). The second kappa shape index (κ2) is 6.47. The van der Waals surface area contributed by atoms with E-state index < -0.39 is 0 Å². The van der Waals surface area contributed by atoms with Gasteiger partial charge in [-0.2, -0.15) is 0 Å². The van der Waals surface area contributed by atoms with Crippen LogP contribution < -0.4 is 0 Å². The van der Waals surface area contributed by atoms with Crippen LogP contribution in [-0.4, -0.2) is 40.4 Å². The van der Waals surface area contributed by atoms with Crippen molar-refractivity contribution in [2.24, 2.45) is 5.92 Å². The van der Waals surface area contributed by atoms with Gasteiger partial charge in [0.05, 0.1) is 12.2 Å². The van der Waals surface area contributed by atoms with Gasteiger partial charge in [0, 0.05) is 13.3 Å². The van der Waals surface area contributed by atoms with Crippen LogP contribution in [0.4, 0.5) is 0 Å². The summed E-state index contributed by atoms with van der Waals surface area (Å²) in [5.41, 5.74) is 1.17. The van der Waals surface area contributed by atoms with Crippen molar-refractivity contribution >= 4 is 11.6 Å². The number of nitrogens with zero attached hydrogens (tertiary/aromatic N) is 3. The van der Waals surface area contributed by atoms with Crippen LogP contribution in [0.25, 0.3) is 5.65 Å². The van der Waals surface area contributed by atoms with E-state index in [0.717, 1.165) is 6.42 Å². The zero-order valence-electron chi connectivity index (χ0n) is 11.9. The summed E-state index contributed by atoms with van der Waals surface area (Å²) in [7, 11) is 1.60. The smallest absolute Gasteiger partial charge is 0.339 e. The average molecular weight is 277 g/mol. The number of methoxy groups -OCH3 is 1. The molecular formula is C14H19N3O3. The number of pyridine rings is 1. The molecule has 0 unspecified atom stereocenters. The molecule has 0 spiro atoms. The Morgan fingerprint density at radius 1 is 1.40 bits per heavy atom. The lowest BCUT2D eigenvalue weighted by atomic mass is 10.1. The fraction of sp³-hybridized carbons (Fsp3) is 0.500. The molecule has 20 heavy (non-hydrogen) atoms. The molecule has 2 aromatic heterocycles. The maximum atomic E-state index is 12.1. The summed E-state index contributed by atoms with van der Waals surface area (Å²) in [5.74, 6) is 0.0755. The van der Waals surface area contributed by atoms with Crippen molar-refractivity contribution in [3.05, 3.63) is 30.2 Å². The number of carbonyl (C=O) groups excluding carboxylic acids is 1. The standard InChI is InChI=1S/C14H19N3O3/c1-10(2)6-12(8-19-3)20-14(18)11-4-5-13-16-15-9-17(13)7-11/h4-5,7,9-10,12H,6,8H2,1-3H3/t12-/m0/s1. The summed E-state index contributed by atoms with van der Waals surface area (Å²) in [6.07, 6.45) is 3.75. The van der Waals surface area contributed by atoms with Crippen molar-refractivity contribution in [3.63, 3.8) is 0 Å². The second-order valence-corrected chi connectivity index (χ2v) is 5.13. The van der Waals surface area contributed by atoms with Gasteiger partial charge < -0.3 is 9.47 Å². The molecular weight excluding hydrogens is 258 g/mol. The van der Waals surface area contributed by atoms with Crippen molar-refractivity contribution in [1.82, 2.24) is 14.6 Å². The molecule has 0 saturated heterocycles. The quantitative estimate of drug-likeness (QED) is 0.755. The van der Waals surface area contributed by atoms with Gasteiger partial charge in [-0.25, -0.2) is 4.79 Å². The molecule has 0 bridgehead atoms. The van der Waals surface area contributed by atoms with Gasteiger partial charge in [0.2, 0.25) is 0 Å². The Bertz CT molecular complexity index is 580. The van der Waals surface area contributed by atoms with E-state index in [4.69, 9.17) is 9.47 Å². The van der Waals surface area contributed by atoms with E-state index >= 15 is 0 Å². The number of carbonyl (C=O) groups is 1. The summed E-state index contributed by atoms with van der Waals surface area (Å²) < 4.78 is 12.3. The van der Waals surface area contributed by atoms with Crippen LogP contribution in [-0.2, 0) is 9.47 Å². The van der Waals surface area contributed by atoms with Gasteiger partial charge in [0.15, 0.2) is 5.65 Å². The molecule has 0 radical (unpaired) electrons. The topological polar surface area (TPSA) is 65.7 Å². The van der Waals surface area contributed by atoms with Gasteiger partial charge in [0.1, 0.15) is 12.4 Å². The second-order valence-electron chi connectivity index (χ2n) is 5.13. The molecule has 2 aromatic rings. The fourth-order valence-corrected chi connectivity index (χ4v) is 2.03. The lowest BCUT2D eigenvalue weighted by Gasteiger charge is -2.18. The van der Waals surface area contributed by atoms with Crippen LogP contribution >= 0.6 is 0 Å². The minimum absolute atomic E-state index is 0.232. The highest BCUT2D eigenvalue weighted by Gasteiger charge is 2.17. The number of esters is 1. The predicted molar refractivity (Wildman–Crippen MR) is 73.5 cm³/mol. The summed E-state index contributed by atoms with van der Waals surface area (Å²) >= 11 is 0. The first kappa shape index (κ1) is 14.5. The number of rotatable bonds is 6. The summed E-state index contributed by atoms with van der Waals surface area (Å²) in [6.45, 7) is 4.57. The molecule has 0 aliphatic carbocycles. The summed E-state index contributed by atoms with van der Waals surface area (Å²) in [5, 5.41) is 7.66. The number of ether oxygens (including phenoxy) is 2. The third-order valence-electron chi connectivity index (χ3n) is 2.89. The SMILES string of the molecule is COC[C@H](CC(C)C)OC(=O)c1ccc2nncn2c1. The Morgan fingerprint density at radius 3 is 2.90 bits per heavy atom. The monoisotopic (exact) mass is 277 g/mol. The van der Waals surface area contributed by atoms with Gasteiger partial charge >= 0.3 is 5.97 Å². The fourth-order valence-electron chi connectivity index (χ4n) is 2.03. The van der Waals surface area contributed by atoms with E-state index in [0.29, 0.717) is 23.7 Å². The summed E-state index contributed by atoms with van der Waals surface area (Å²) in [4.78, 5) is 12.1. The first-order valence-corrected chi connectivity index (χ1v) is 6.59. The van der Waals surface area contributed by atoms with Crippen LogP contribution in [0.2, 0.25) is 0 Å². The van der Waals surface area contributed by atoms with Crippen molar-refractivity contribution < 1.29 is 14.3 Å². The molecule has 0 aliphatic heterocycles. The number of fused-ring (bicyclic) bond motifs is 1. The van der Waals surface area contributed by atoms with Crippen molar-refractivity contribution in [2.45, 2.75) is 26.4 Å². The van der Waals surface area contributed by atoms with Gasteiger partial charge in [-0.3, -0.25) is 4.40 Å². The first-order valence-electron chi connectivity index (χ1n) is 6.59. The molecule has 0 amide bonds. The zero-order valence-corrected chi connectivity index (χ0v) is 11.9. The minimum Gasteiger partial charge on any atom is -0.456 e. The van der Waals surface area contributed by atoms with Crippen LogP contribution in [0.3, 0.4) is 0 Å². The Hall–Kier alpha value is -1.95. The van der Waals surface area contributed by atoms with Crippen LogP contribution in [0.1, 0.15) is 30.6 Å². The number of aromatic nitrogens is 3. The van der Waals surface area contributed by atoms with Crippen LogP contribution in [0.5, 0.6) is 0 Å². The normalized spacial score (nSPS) is 12.8. The molecule has 0 N–H and O–H groups in total. The van der Waals surface area contributed by atoms with Gasteiger partial charge in [-0.1, -0.05) is 13.8 Å². The lowest BCUT2D eigenvalue weighted by molar-refractivity contribution is -0.000723. The molecule has 0 aliphatic rings. The zero-order chi connectivity index (χ0) is 14.5. The summed E-state index contributed by atoms with van der Waals surface area (Å²) in [6, 6.07) is 3.42. The predicted octanol–water partition coefficient (Wildman–Crippen LogP) is 1.95. The van der Waals surface area contributed by atoms with Crippen LogP contribution in [0, 0.1) is 5.92 Å². The molecule has 0 aromatic carbocycles. The van der Waals surface area contributed by atoms with E-state index in [1.54, 1.807) is 36.2 Å². The first-order chi connectivity index (χ1) is 9.60. The molecule has 0 saturated carbocycles. The van der Waals surface area contributed by atoms with Gasteiger partial charge in [0.25, 0.3) is 0 Å². The lowest BCUT2D eigenvalue weighted by Crippen LogP contribution is -2.25. The largest absolute Gasteiger partial charge is 0.456 e. The molecule has 0 fully saturated rings. The van der Waals surface area contributed by atoms with E-state index in [1.807, 2.05) is 0 Å². The van der Waals surface area contributed by atoms with E-state index in [2.05, 4.69) is 24.0 Å². The highest BCUT2D eigenvalue weighted by molar-refractivity contribution is 5.89. The maximum Gasteiger partial charge on any atom is 0.339 e. The third-order valence-corrected chi connectivity index (χ3v) is 2.89. The minimum atomic E-state index is -0.358. The molecule has 2 heterocycles. The Labute approximate surface area is 117 Å². The van der Waals surface area contributed by atoms with Crippen LogP contribution in [0.15, 0.2) is 24.7 Å². The highest BCUT2D eigenvalue weighted by Crippen LogP contribution is 2.12. The van der Waals surface area contributed by atoms with Gasteiger partial charge in [-0.15, -0.1) is 10.2 Å².